The van der Waals surface area contributed by atoms with Crippen molar-refractivity contribution in [2.75, 3.05) is 6.54 Å². The molecule has 1 fully saturated rings. The molecule has 0 radical (unpaired) electrons. The first-order valence-corrected chi connectivity index (χ1v) is 11.8. The number of ether oxygens (including phenoxy) is 2. The van der Waals surface area contributed by atoms with Crippen LogP contribution in [0.1, 0.15) is 53.0 Å². The smallest absolute Gasteiger partial charge is 0.413 e. The van der Waals surface area contributed by atoms with Gasteiger partial charge in [0.15, 0.2) is 0 Å². The van der Waals surface area contributed by atoms with Crippen molar-refractivity contribution in [3.8, 4) is 5.75 Å². The van der Waals surface area contributed by atoms with E-state index in [1.165, 1.54) is 4.90 Å². The molecule has 2 aromatic rings. The summed E-state index contributed by atoms with van der Waals surface area (Å²) in [6.07, 6.45) is 0.513. The molecule has 0 aromatic heterocycles. The number of esters is 1. The largest absolute Gasteiger partial charge is 0.459 e. The average molecular weight is 469 g/mol. The van der Waals surface area contributed by atoms with E-state index in [4.69, 9.17) is 9.47 Å². The quantitative estimate of drug-likeness (QED) is 0.607. The summed E-state index contributed by atoms with van der Waals surface area (Å²) >= 11 is 0. The highest BCUT2D eigenvalue weighted by atomic mass is 16.6. The van der Waals surface area contributed by atoms with Crippen molar-refractivity contribution < 1.29 is 23.9 Å². The van der Waals surface area contributed by atoms with Crippen molar-refractivity contribution in [2.45, 2.75) is 66.2 Å². The van der Waals surface area contributed by atoms with Gasteiger partial charge in [-0.15, -0.1) is 0 Å². The molecule has 0 bridgehead atoms. The minimum atomic E-state index is -0.860. The summed E-state index contributed by atoms with van der Waals surface area (Å²) in [5.74, 6) is -0.366. The molecule has 1 aliphatic rings. The van der Waals surface area contributed by atoms with Gasteiger partial charge in [-0.05, 0) is 36.0 Å². The number of benzene rings is 2. The van der Waals surface area contributed by atoms with Crippen LogP contribution in [0.3, 0.4) is 0 Å². The van der Waals surface area contributed by atoms with Gasteiger partial charge in [-0.1, -0.05) is 83.1 Å². The van der Waals surface area contributed by atoms with Gasteiger partial charge in [0.2, 0.25) is 5.91 Å². The van der Waals surface area contributed by atoms with Crippen molar-refractivity contribution in [1.82, 2.24) is 10.2 Å². The topological polar surface area (TPSA) is 84.9 Å². The predicted molar refractivity (Wildman–Crippen MR) is 131 cm³/mol. The molecule has 1 aliphatic heterocycles. The Bertz CT molecular complexity index is 925. The van der Waals surface area contributed by atoms with Crippen LogP contribution < -0.4 is 10.1 Å². The van der Waals surface area contributed by atoms with Gasteiger partial charge in [0.05, 0.1) is 0 Å². The number of para-hydroxylation sites is 1. The van der Waals surface area contributed by atoms with Crippen LogP contribution in [0.5, 0.6) is 5.75 Å². The Morgan fingerprint density at radius 2 is 1.59 bits per heavy atom. The van der Waals surface area contributed by atoms with Gasteiger partial charge in [-0.2, -0.15) is 0 Å². The molecule has 2 amide bonds. The van der Waals surface area contributed by atoms with Gasteiger partial charge in [-0.25, -0.2) is 9.59 Å². The zero-order chi connectivity index (χ0) is 25.1. The first kappa shape index (κ1) is 26.9. The highest BCUT2D eigenvalue weighted by Gasteiger charge is 2.42. The number of amides is 2. The minimum Gasteiger partial charge on any atom is -0.459 e. The van der Waals surface area contributed by atoms with Gasteiger partial charge < -0.3 is 19.7 Å². The molecule has 2 aromatic carbocycles. The van der Waals surface area contributed by atoms with Crippen molar-refractivity contribution in [1.29, 1.82) is 0 Å². The third kappa shape index (κ3) is 7.61. The minimum absolute atomic E-state index is 0.155. The molecule has 34 heavy (non-hydrogen) atoms. The Morgan fingerprint density at radius 3 is 2.18 bits per heavy atom. The van der Waals surface area contributed by atoms with Crippen LogP contribution in [0, 0.1) is 5.41 Å². The summed E-state index contributed by atoms with van der Waals surface area (Å²) in [5, 5.41) is 2.69. The number of hydrogen-bond donors (Lipinski definition) is 1. The van der Waals surface area contributed by atoms with E-state index < -0.39 is 29.6 Å². The molecule has 0 spiro atoms. The van der Waals surface area contributed by atoms with Gasteiger partial charge in [0.25, 0.3) is 0 Å². The molecule has 1 heterocycles. The molecule has 184 valence electrons. The number of likely N-dealkylation sites (tertiary alicyclic amines) is 1. The maximum absolute atomic E-state index is 13.4. The second-order valence-electron chi connectivity index (χ2n) is 8.93. The van der Waals surface area contributed by atoms with Crippen LogP contribution in [0.15, 0.2) is 60.7 Å². The van der Waals surface area contributed by atoms with Gasteiger partial charge in [0.1, 0.15) is 24.4 Å². The maximum Gasteiger partial charge on any atom is 0.413 e. The number of carbonyl (C=O) groups is 3. The molecular formula is C27H36N2O5. The van der Waals surface area contributed by atoms with E-state index in [1.54, 1.807) is 24.3 Å². The Hall–Kier alpha value is -3.35. The van der Waals surface area contributed by atoms with Gasteiger partial charge in [0, 0.05) is 6.54 Å². The summed E-state index contributed by atoms with van der Waals surface area (Å²) in [7, 11) is 0. The predicted octanol–water partition coefficient (Wildman–Crippen LogP) is 4.95. The van der Waals surface area contributed by atoms with Crippen molar-refractivity contribution in [3.63, 3.8) is 0 Å². The molecule has 2 unspecified atom stereocenters. The van der Waals surface area contributed by atoms with Crippen LogP contribution in [-0.2, 0) is 20.9 Å². The van der Waals surface area contributed by atoms with E-state index in [0.717, 1.165) is 5.56 Å². The summed E-state index contributed by atoms with van der Waals surface area (Å²) in [6, 6.07) is 16.5. The van der Waals surface area contributed by atoms with Crippen LogP contribution >= 0.6 is 0 Å². The lowest BCUT2D eigenvalue weighted by Crippen LogP contribution is -2.57. The van der Waals surface area contributed by atoms with Crippen LogP contribution in [0.4, 0.5) is 4.79 Å². The molecule has 2 atom stereocenters. The van der Waals surface area contributed by atoms with Crippen molar-refractivity contribution in [2.24, 2.45) is 5.41 Å². The van der Waals surface area contributed by atoms with Crippen LogP contribution in [-0.4, -0.2) is 41.5 Å². The standard InChI is InChI=1S/C25H30N2O5.C2H6/c1-25(2,3)21(26-24(30)32-19-13-8-5-9-14-19)22(28)27-16-10-15-20(27)23(29)31-17-18-11-6-4-7-12-18;1-2/h4-9,11-14,20-21H,10,15-17H2,1-3H3,(H,26,30);1-2H3. The number of carbonyl (C=O) groups excluding carboxylic acids is 3. The van der Waals surface area contributed by atoms with Crippen molar-refractivity contribution in [3.05, 3.63) is 66.2 Å². The number of nitrogens with one attached hydrogen (secondary N) is 1. The van der Waals surface area contributed by atoms with E-state index in [-0.39, 0.29) is 12.5 Å². The lowest BCUT2D eigenvalue weighted by molar-refractivity contribution is -0.155. The highest BCUT2D eigenvalue weighted by Crippen LogP contribution is 2.26. The van der Waals surface area contributed by atoms with E-state index >= 15 is 0 Å². The molecule has 7 heteroatoms. The number of hydrogen-bond acceptors (Lipinski definition) is 5. The maximum atomic E-state index is 13.4. The molecule has 0 saturated carbocycles. The monoisotopic (exact) mass is 468 g/mol. The summed E-state index contributed by atoms with van der Waals surface area (Å²) in [6.45, 7) is 10.2. The zero-order valence-electron chi connectivity index (χ0n) is 20.7. The Balaban J connectivity index is 0.00000199. The van der Waals surface area contributed by atoms with Crippen LogP contribution in [0.25, 0.3) is 0 Å². The van der Waals surface area contributed by atoms with Crippen molar-refractivity contribution >= 4 is 18.0 Å². The normalized spacial score (nSPS) is 16.0. The third-order valence-electron chi connectivity index (χ3n) is 5.36. The zero-order valence-corrected chi connectivity index (χ0v) is 20.7. The first-order chi connectivity index (χ1) is 16.3. The fraction of sp³-hybridized carbons (Fsp3) is 0.444. The number of nitrogens with zero attached hydrogens (tertiary/aromatic N) is 1. The molecule has 0 aliphatic carbocycles. The SMILES string of the molecule is CC.CC(C)(C)C(NC(=O)Oc1ccccc1)C(=O)N1CCCC1C(=O)OCc1ccccc1. The fourth-order valence-electron chi connectivity index (χ4n) is 3.66. The molecule has 1 saturated heterocycles. The molecule has 7 nitrogen and oxygen atoms in total. The average Bonchev–Trinajstić information content (AvgIpc) is 3.33. The van der Waals surface area contributed by atoms with E-state index in [1.807, 2.05) is 71.0 Å². The molecule has 3 rings (SSSR count). The third-order valence-corrected chi connectivity index (χ3v) is 5.36. The van der Waals surface area contributed by atoms with Crippen LogP contribution in [0.2, 0.25) is 0 Å². The second-order valence-corrected chi connectivity index (χ2v) is 8.93. The Kier molecular flexibility index (Phi) is 10.1. The Labute approximate surface area is 202 Å². The summed E-state index contributed by atoms with van der Waals surface area (Å²) < 4.78 is 10.8. The van der Waals surface area contributed by atoms with E-state index in [9.17, 15) is 14.4 Å². The van der Waals surface area contributed by atoms with E-state index in [2.05, 4.69) is 5.32 Å². The summed E-state index contributed by atoms with van der Waals surface area (Å²) in [4.78, 5) is 40.1. The second kappa shape index (κ2) is 12.8. The summed E-state index contributed by atoms with van der Waals surface area (Å²) in [5.41, 5.74) is 0.294. The number of rotatable bonds is 6. The van der Waals surface area contributed by atoms with Gasteiger partial charge in [-0.3, -0.25) is 4.79 Å². The molecular weight excluding hydrogens is 432 g/mol. The highest BCUT2D eigenvalue weighted by molar-refractivity contribution is 5.91. The fourth-order valence-corrected chi connectivity index (χ4v) is 3.66. The molecule has 1 N–H and O–H groups in total. The first-order valence-electron chi connectivity index (χ1n) is 11.8. The Morgan fingerprint density at radius 1 is 1.00 bits per heavy atom. The van der Waals surface area contributed by atoms with Gasteiger partial charge >= 0.3 is 12.1 Å². The lowest BCUT2D eigenvalue weighted by Gasteiger charge is -2.34. The lowest BCUT2D eigenvalue weighted by atomic mass is 9.85. The van der Waals surface area contributed by atoms with E-state index in [0.29, 0.717) is 25.1 Å².